The van der Waals surface area contributed by atoms with Crippen molar-refractivity contribution in [3.8, 4) is 11.5 Å². The molecule has 0 N–H and O–H groups in total. The van der Waals surface area contributed by atoms with E-state index in [9.17, 15) is 9.18 Å². The Balaban J connectivity index is 1.45. The molecular weight excluding hydrogens is 359 g/mol. The molecule has 0 aliphatic rings. The second kappa shape index (κ2) is 7.60. The summed E-state index contributed by atoms with van der Waals surface area (Å²) < 4.78 is 24.1. The van der Waals surface area contributed by atoms with Gasteiger partial charge in [-0.05, 0) is 47.5 Å². The molecule has 0 saturated carbocycles. The molecule has 0 bridgehead atoms. The lowest BCUT2D eigenvalue weighted by molar-refractivity contribution is -0.148. The van der Waals surface area contributed by atoms with Crippen LogP contribution in [0, 0.1) is 5.82 Å². The molecule has 0 amide bonds. The smallest absolute Gasteiger partial charge is 0.311 e. The van der Waals surface area contributed by atoms with Crippen molar-refractivity contribution in [3.05, 3.63) is 84.0 Å². The fourth-order valence-corrected chi connectivity index (χ4v) is 3.00. The van der Waals surface area contributed by atoms with Gasteiger partial charge in [0.2, 0.25) is 5.89 Å². The van der Waals surface area contributed by atoms with Crippen molar-refractivity contribution in [2.75, 3.05) is 0 Å². The second-order valence-corrected chi connectivity index (χ2v) is 6.40. The van der Waals surface area contributed by atoms with Gasteiger partial charge in [0.1, 0.15) is 5.82 Å². The summed E-state index contributed by atoms with van der Waals surface area (Å²) in [5.41, 5.74) is 1.49. The van der Waals surface area contributed by atoms with Crippen LogP contribution in [0.1, 0.15) is 24.5 Å². The molecule has 4 rings (SSSR count). The summed E-state index contributed by atoms with van der Waals surface area (Å²) in [6.45, 7) is 1.67. The largest absolute Gasteiger partial charge is 0.452 e. The Kier molecular flexibility index (Phi) is 4.85. The maximum Gasteiger partial charge on any atom is 0.311 e. The van der Waals surface area contributed by atoms with Crippen LogP contribution in [0.3, 0.4) is 0 Å². The molecule has 0 radical (unpaired) electrons. The van der Waals surface area contributed by atoms with Crippen molar-refractivity contribution in [1.29, 1.82) is 0 Å². The minimum Gasteiger partial charge on any atom is -0.452 e. The van der Waals surface area contributed by atoms with Crippen molar-refractivity contribution in [3.63, 3.8) is 0 Å². The highest BCUT2D eigenvalue weighted by Crippen LogP contribution is 2.24. The molecule has 0 aliphatic carbocycles. The van der Waals surface area contributed by atoms with E-state index in [4.69, 9.17) is 9.15 Å². The Morgan fingerprint density at radius 2 is 1.79 bits per heavy atom. The Hall–Kier alpha value is -3.54. The summed E-state index contributed by atoms with van der Waals surface area (Å²) in [4.78, 5) is 12.4. The fraction of sp³-hybridized carbons (Fsp3) is 0.136. The average Bonchev–Trinajstić information content (AvgIpc) is 3.19. The van der Waals surface area contributed by atoms with Gasteiger partial charge in [-0.1, -0.05) is 42.5 Å². The van der Waals surface area contributed by atoms with Crippen molar-refractivity contribution in [2.24, 2.45) is 0 Å². The van der Waals surface area contributed by atoms with E-state index >= 15 is 0 Å². The van der Waals surface area contributed by atoms with Crippen LogP contribution in [0.2, 0.25) is 0 Å². The Bertz CT molecular complexity index is 1120. The zero-order chi connectivity index (χ0) is 19.5. The van der Waals surface area contributed by atoms with Crippen molar-refractivity contribution >= 4 is 16.7 Å². The minimum atomic E-state index is -0.691. The highest BCUT2D eigenvalue weighted by molar-refractivity contribution is 5.89. The number of ether oxygens (including phenoxy) is 1. The van der Waals surface area contributed by atoms with Gasteiger partial charge in [0.25, 0.3) is 5.89 Å². The number of carbonyl (C=O) groups excluding carboxylic acids is 1. The average molecular weight is 376 g/mol. The standard InChI is InChI=1S/C22H17FN2O3/c1-14(21-24-25-22(28-21)16-9-11-18(23)12-10-16)27-20(26)13-17-7-4-6-15-5-2-3-8-19(15)17/h2-12,14H,13H2,1H3/t14-/m0/s1. The molecule has 1 heterocycles. The summed E-state index contributed by atoms with van der Waals surface area (Å²) in [5.74, 6) is -0.304. The van der Waals surface area contributed by atoms with Crippen LogP contribution in [-0.4, -0.2) is 16.2 Å². The number of nitrogens with zero attached hydrogens (tertiary/aromatic N) is 2. The Morgan fingerprint density at radius 1 is 1.04 bits per heavy atom. The maximum absolute atomic E-state index is 13.0. The third-order valence-electron chi connectivity index (χ3n) is 4.40. The lowest BCUT2D eigenvalue weighted by Crippen LogP contribution is -2.12. The molecule has 3 aromatic carbocycles. The normalized spacial score (nSPS) is 12.1. The highest BCUT2D eigenvalue weighted by atomic mass is 19.1. The Morgan fingerprint density at radius 3 is 2.61 bits per heavy atom. The fourth-order valence-electron chi connectivity index (χ4n) is 3.00. The number of halogens is 1. The molecule has 140 valence electrons. The lowest BCUT2D eigenvalue weighted by atomic mass is 10.0. The van der Waals surface area contributed by atoms with Gasteiger partial charge in [-0.25, -0.2) is 4.39 Å². The zero-order valence-electron chi connectivity index (χ0n) is 15.1. The van der Waals surface area contributed by atoms with Crippen LogP contribution in [0.5, 0.6) is 0 Å². The number of carbonyl (C=O) groups is 1. The van der Waals surface area contributed by atoms with Crippen LogP contribution < -0.4 is 0 Å². The van der Waals surface area contributed by atoms with Crippen LogP contribution >= 0.6 is 0 Å². The predicted molar refractivity (Wildman–Crippen MR) is 102 cm³/mol. The third-order valence-corrected chi connectivity index (χ3v) is 4.40. The van der Waals surface area contributed by atoms with Crippen LogP contribution in [0.4, 0.5) is 4.39 Å². The number of rotatable bonds is 5. The zero-order valence-corrected chi connectivity index (χ0v) is 15.1. The maximum atomic E-state index is 13.0. The van der Waals surface area contributed by atoms with E-state index in [0.717, 1.165) is 16.3 Å². The molecule has 5 nitrogen and oxygen atoms in total. The quantitative estimate of drug-likeness (QED) is 0.465. The monoisotopic (exact) mass is 376 g/mol. The number of fused-ring (bicyclic) bond motifs is 1. The van der Waals surface area contributed by atoms with Gasteiger partial charge in [0.15, 0.2) is 6.10 Å². The summed E-state index contributed by atoms with van der Waals surface area (Å²) in [6.07, 6.45) is -0.547. The summed E-state index contributed by atoms with van der Waals surface area (Å²) in [6, 6.07) is 19.4. The molecule has 28 heavy (non-hydrogen) atoms. The summed E-state index contributed by atoms with van der Waals surface area (Å²) >= 11 is 0. The summed E-state index contributed by atoms with van der Waals surface area (Å²) in [5, 5.41) is 9.97. The molecule has 0 fully saturated rings. The molecule has 0 spiro atoms. The van der Waals surface area contributed by atoms with Gasteiger partial charge in [0.05, 0.1) is 6.42 Å². The molecule has 4 aromatic rings. The van der Waals surface area contributed by atoms with Crippen molar-refractivity contribution in [2.45, 2.75) is 19.4 Å². The van der Waals surface area contributed by atoms with Gasteiger partial charge >= 0.3 is 5.97 Å². The molecule has 1 aromatic heterocycles. The van der Waals surface area contributed by atoms with E-state index in [1.54, 1.807) is 19.1 Å². The van der Waals surface area contributed by atoms with Crippen LogP contribution in [0.25, 0.3) is 22.2 Å². The number of hydrogen-bond acceptors (Lipinski definition) is 5. The van der Waals surface area contributed by atoms with E-state index in [-0.39, 0.29) is 30.0 Å². The molecule has 0 aliphatic heterocycles. The first-order valence-corrected chi connectivity index (χ1v) is 8.85. The third kappa shape index (κ3) is 3.76. The molecule has 0 saturated heterocycles. The first-order valence-electron chi connectivity index (χ1n) is 8.85. The van der Waals surface area contributed by atoms with Gasteiger partial charge in [-0.2, -0.15) is 0 Å². The van der Waals surface area contributed by atoms with Crippen LogP contribution in [-0.2, 0) is 16.0 Å². The van der Waals surface area contributed by atoms with E-state index < -0.39 is 6.10 Å². The van der Waals surface area contributed by atoms with Gasteiger partial charge in [-0.15, -0.1) is 10.2 Å². The minimum absolute atomic E-state index is 0.144. The van der Waals surface area contributed by atoms with Gasteiger partial charge in [0, 0.05) is 5.56 Å². The summed E-state index contributed by atoms with van der Waals surface area (Å²) in [7, 11) is 0. The van der Waals surface area contributed by atoms with E-state index in [2.05, 4.69) is 10.2 Å². The second-order valence-electron chi connectivity index (χ2n) is 6.40. The first-order chi connectivity index (χ1) is 13.6. The van der Waals surface area contributed by atoms with E-state index in [0.29, 0.717) is 5.56 Å². The number of aromatic nitrogens is 2. The number of benzene rings is 3. The lowest BCUT2D eigenvalue weighted by Gasteiger charge is -2.10. The van der Waals surface area contributed by atoms with Crippen LogP contribution in [0.15, 0.2) is 71.1 Å². The molecule has 0 unspecified atom stereocenters. The van der Waals surface area contributed by atoms with E-state index in [1.807, 2.05) is 42.5 Å². The molecular formula is C22H17FN2O3. The topological polar surface area (TPSA) is 65.2 Å². The predicted octanol–water partition coefficient (Wildman–Crippen LogP) is 4.88. The Labute approximate surface area is 160 Å². The van der Waals surface area contributed by atoms with E-state index in [1.165, 1.54) is 12.1 Å². The van der Waals surface area contributed by atoms with Gasteiger partial charge in [-0.3, -0.25) is 4.79 Å². The van der Waals surface area contributed by atoms with Crippen molar-refractivity contribution in [1.82, 2.24) is 10.2 Å². The first kappa shape index (κ1) is 17.9. The van der Waals surface area contributed by atoms with Gasteiger partial charge < -0.3 is 9.15 Å². The van der Waals surface area contributed by atoms with Crippen molar-refractivity contribution < 1.29 is 18.3 Å². The number of esters is 1. The SMILES string of the molecule is C[C@H](OC(=O)Cc1cccc2ccccc12)c1nnc(-c2ccc(F)cc2)o1. The number of hydrogen-bond donors (Lipinski definition) is 0. The molecule has 6 heteroatoms. The molecule has 1 atom stereocenters. The highest BCUT2D eigenvalue weighted by Gasteiger charge is 2.19.